The lowest BCUT2D eigenvalue weighted by Gasteiger charge is -2.26. The highest BCUT2D eigenvalue weighted by atomic mass is 16.2. The maximum absolute atomic E-state index is 12.7. The lowest BCUT2D eigenvalue weighted by Crippen LogP contribution is -2.35. The number of hydrogen-bond donors (Lipinski definition) is 2. The molecular formula is C18H27N3O2. The number of amides is 2. The van der Waals surface area contributed by atoms with Gasteiger partial charge in [-0.05, 0) is 62.9 Å². The van der Waals surface area contributed by atoms with Crippen LogP contribution in [0, 0.1) is 12.8 Å². The fourth-order valence-corrected chi connectivity index (χ4v) is 3.05. The van der Waals surface area contributed by atoms with Crippen molar-refractivity contribution >= 4 is 17.5 Å². The van der Waals surface area contributed by atoms with Crippen LogP contribution in [0.4, 0.5) is 5.69 Å². The molecule has 2 amide bonds. The monoisotopic (exact) mass is 317 g/mol. The summed E-state index contributed by atoms with van der Waals surface area (Å²) in [5.41, 5.74) is 7.20. The van der Waals surface area contributed by atoms with Crippen LogP contribution in [0.25, 0.3) is 0 Å². The van der Waals surface area contributed by atoms with Crippen LogP contribution in [0.5, 0.6) is 0 Å². The predicted octanol–water partition coefficient (Wildman–Crippen LogP) is 1.98. The summed E-state index contributed by atoms with van der Waals surface area (Å²) in [6, 6.07) is 7.82. The minimum Gasteiger partial charge on any atom is -0.370 e. The molecule has 0 atom stereocenters. The van der Waals surface area contributed by atoms with E-state index in [0.29, 0.717) is 18.9 Å². The molecule has 3 N–H and O–H groups in total. The zero-order valence-electron chi connectivity index (χ0n) is 13.9. The van der Waals surface area contributed by atoms with Gasteiger partial charge in [0.2, 0.25) is 11.8 Å². The quantitative estimate of drug-likeness (QED) is 0.807. The third kappa shape index (κ3) is 5.67. The van der Waals surface area contributed by atoms with E-state index >= 15 is 0 Å². The molecule has 0 saturated carbocycles. The third-order valence-electron chi connectivity index (χ3n) is 4.42. The molecule has 1 aliphatic heterocycles. The van der Waals surface area contributed by atoms with Crippen molar-refractivity contribution in [3.63, 3.8) is 0 Å². The van der Waals surface area contributed by atoms with Crippen LogP contribution in [0.3, 0.4) is 0 Å². The van der Waals surface area contributed by atoms with Crippen molar-refractivity contribution in [3.05, 3.63) is 29.8 Å². The summed E-state index contributed by atoms with van der Waals surface area (Å²) in [6.07, 6.45) is 3.90. The Morgan fingerprint density at radius 2 is 2.00 bits per heavy atom. The summed E-state index contributed by atoms with van der Waals surface area (Å²) < 4.78 is 0. The van der Waals surface area contributed by atoms with E-state index in [2.05, 4.69) is 5.32 Å². The van der Waals surface area contributed by atoms with E-state index in [9.17, 15) is 9.59 Å². The maximum atomic E-state index is 12.7. The highest BCUT2D eigenvalue weighted by molar-refractivity contribution is 5.94. The van der Waals surface area contributed by atoms with Crippen molar-refractivity contribution in [2.45, 2.75) is 39.0 Å². The molecule has 1 aromatic carbocycles. The highest BCUT2D eigenvalue weighted by Crippen LogP contribution is 2.21. The Morgan fingerprint density at radius 3 is 2.65 bits per heavy atom. The van der Waals surface area contributed by atoms with Gasteiger partial charge in [0.15, 0.2) is 0 Å². The van der Waals surface area contributed by atoms with E-state index < -0.39 is 0 Å². The van der Waals surface area contributed by atoms with Crippen molar-refractivity contribution in [2.75, 3.05) is 24.5 Å². The Bertz CT molecular complexity index is 539. The Kier molecular flexibility index (Phi) is 6.59. The SMILES string of the molecule is Cc1cccc(N(CCC(N)=O)C(=O)CCC2CCNCC2)c1. The van der Waals surface area contributed by atoms with Crippen LogP contribution < -0.4 is 16.0 Å². The standard InChI is InChI=1S/C18H27N3O2/c1-14-3-2-4-16(13-14)21(12-9-17(19)22)18(23)6-5-15-7-10-20-11-8-15/h2-4,13,15,20H,5-12H2,1H3,(H2,19,22). The second kappa shape index (κ2) is 8.67. The average Bonchev–Trinajstić information content (AvgIpc) is 2.54. The predicted molar refractivity (Wildman–Crippen MR) is 92.2 cm³/mol. The summed E-state index contributed by atoms with van der Waals surface area (Å²) in [5, 5.41) is 3.34. The van der Waals surface area contributed by atoms with Crippen LogP contribution in [-0.4, -0.2) is 31.4 Å². The fourth-order valence-electron chi connectivity index (χ4n) is 3.05. The summed E-state index contributed by atoms with van der Waals surface area (Å²) in [7, 11) is 0. The molecule has 5 heteroatoms. The lowest BCUT2D eigenvalue weighted by atomic mass is 9.93. The molecule has 1 saturated heterocycles. The van der Waals surface area contributed by atoms with Crippen molar-refractivity contribution in [2.24, 2.45) is 11.7 Å². The van der Waals surface area contributed by atoms with Gasteiger partial charge in [0.05, 0.1) is 0 Å². The smallest absolute Gasteiger partial charge is 0.226 e. The Morgan fingerprint density at radius 1 is 1.26 bits per heavy atom. The van der Waals surface area contributed by atoms with Crippen LogP contribution in [0.1, 0.15) is 37.7 Å². The molecular weight excluding hydrogens is 290 g/mol. The number of nitrogens with one attached hydrogen (secondary N) is 1. The first-order valence-corrected chi connectivity index (χ1v) is 8.42. The number of rotatable bonds is 7. The Labute approximate surface area is 138 Å². The van der Waals surface area contributed by atoms with E-state index in [4.69, 9.17) is 5.73 Å². The number of benzene rings is 1. The normalized spacial score (nSPS) is 15.3. The first-order valence-electron chi connectivity index (χ1n) is 8.42. The number of piperidine rings is 1. The summed E-state index contributed by atoms with van der Waals surface area (Å²) in [6.45, 7) is 4.43. The van der Waals surface area contributed by atoms with Gasteiger partial charge >= 0.3 is 0 Å². The number of carbonyl (C=O) groups excluding carboxylic acids is 2. The van der Waals surface area contributed by atoms with Gasteiger partial charge in [-0.25, -0.2) is 0 Å². The maximum Gasteiger partial charge on any atom is 0.226 e. The Balaban J connectivity index is 1.99. The largest absolute Gasteiger partial charge is 0.370 e. The van der Waals surface area contributed by atoms with Crippen LogP contribution in [0.15, 0.2) is 24.3 Å². The summed E-state index contributed by atoms with van der Waals surface area (Å²) in [5.74, 6) is 0.319. The van der Waals surface area contributed by atoms with Gasteiger partial charge in [0.25, 0.3) is 0 Å². The summed E-state index contributed by atoms with van der Waals surface area (Å²) in [4.78, 5) is 25.5. The van der Waals surface area contributed by atoms with Crippen molar-refractivity contribution in [1.29, 1.82) is 0 Å². The number of hydrogen-bond acceptors (Lipinski definition) is 3. The molecule has 1 aromatic rings. The molecule has 1 heterocycles. The van der Waals surface area contributed by atoms with Crippen molar-refractivity contribution in [3.8, 4) is 0 Å². The molecule has 0 radical (unpaired) electrons. The van der Waals surface area contributed by atoms with E-state index in [1.165, 1.54) is 0 Å². The second-order valence-corrected chi connectivity index (χ2v) is 6.33. The third-order valence-corrected chi connectivity index (χ3v) is 4.42. The molecule has 0 aromatic heterocycles. The topological polar surface area (TPSA) is 75.4 Å². The van der Waals surface area contributed by atoms with Crippen LogP contribution in [-0.2, 0) is 9.59 Å². The van der Waals surface area contributed by atoms with Gasteiger partial charge in [-0.3, -0.25) is 9.59 Å². The fraction of sp³-hybridized carbons (Fsp3) is 0.556. The first kappa shape index (κ1) is 17.5. The van der Waals surface area contributed by atoms with E-state index in [1.54, 1.807) is 4.90 Å². The molecule has 0 spiro atoms. The van der Waals surface area contributed by atoms with E-state index in [0.717, 1.165) is 43.6 Å². The van der Waals surface area contributed by atoms with Gasteiger partial charge < -0.3 is 16.0 Å². The zero-order valence-corrected chi connectivity index (χ0v) is 13.9. The van der Waals surface area contributed by atoms with Crippen molar-refractivity contribution in [1.82, 2.24) is 5.32 Å². The number of carbonyl (C=O) groups is 2. The van der Waals surface area contributed by atoms with Crippen LogP contribution >= 0.6 is 0 Å². The molecule has 0 unspecified atom stereocenters. The molecule has 0 bridgehead atoms. The van der Waals surface area contributed by atoms with Gasteiger partial charge in [0.1, 0.15) is 0 Å². The first-order chi connectivity index (χ1) is 11.1. The molecule has 5 nitrogen and oxygen atoms in total. The van der Waals surface area contributed by atoms with Gasteiger partial charge in [-0.2, -0.15) is 0 Å². The highest BCUT2D eigenvalue weighted by Gasteiger charge is 2.19. The molecule has 126 valence electrons. The van der Waals surface area contributed by atoms with Gasteiger partial charge in [0, 0.05) is 25.1 Å². The number of primary amides is 1. The minimum absolute atomic E-state index is 0.0791. The van der Waals surface area contributed by atoms with Gasteiger partial charge in [-0.1, -0.05) is 12.1 Å². The van der Waals surface area contributed by atoms with Crippen LogP contribution in [0.2, 0.25) is 0 Å². The number of anilines is 1. The minimum atomic E-state index is -0.381. The molecule has 2 rings (SSSR count). The van der Waals surface area contributed by atoms with E-state index in [1.807, 2.05) is 31.2 Å². The number of nitrogens with zero attached hydrogens (tertiary/aromatic N) is 1. The Hall–Kier alpha value is -1.88. The van der Waals surface area contributed by atoms with Crippen molar-refractivity contribution < 1.29 is 9.59 Å². The van der Waals surface area contributed by atoms with E-state index in [-0.39, 0.29) is 18.2 Å². The molecule has 23 heavy (non-hydrogen) atoms. The van der Waals surface area contributed by atoms with Gasteiger partial charge in [-0.15, -0.1) is 0 Å². The average molecular weight is 317 g/mol. The molecule has 1 aliphatic rings. The molecule has 0 aliphatic carbocycles. The lowest BCUT2D eigenvalue weighted by molar-refractivity contribution is -0.119. The summed E-state index contributed by atoms with van der Waals surface area (Å²) >= 11 is 0. The second-order valence-electron chi connectivity index (χ2n) is 6.33. The number of nitrogens with two attached hydrogens (primary N) is 1. The molecule has 1 fully saturated rings. The zero-order chi connectivity index (χ0) is 16.7. The number of aryl methyl sites for hydroxylation is 1.